The van der Waals surface area contributed by atoms with Crippen molar-refractivity contribution >= 4 is 34.9 Å². The number of carboxylic acid groups (broad SMARTS) is 1. The lowest BCUT2D eigenvalue weighted by atomic mass is 10.1. The van der Waals surface area contributed by atoms with Gasteiger partial charge in [0.25, 0.3) is 5.69 Å². The second-order valence-electron chi connectivity index (χ2n) is 5.28. The molecule has 1 aliphatic heterocycles. The first-order chi connectivity index (χ1) is 10.9. The first kappa shape index (κ1) is 17.0. The highest BCUT2D eigenvalue weighted by atomic mass is 35.5. The number of carboxylic acids is 1. The maximum absolute atomic E-state index is 11.7. The number of nitrogens with zero attached hydrogens (tertiary/aromatic N) is 2. The fraction of sp³-hybridized carbons (Fsp3) is 0.429. The standard InChI is InChI=1S/C14H16ClN3O5/c15-11-7-10(18(22)23)2-3-12(11)16-4-1-5-17-8-9(14(20)21)6-13(17)19/h2-3,7,9,16H,1,4-6,8H2,(H,20,21). The van der Waals surface area contributed by atoms with E-state index in [2.05, 4.69) is 5.32 Å². The number of hydrogen-bond acceptors (Lipinski definition) is 5. The van der Waals surface area contributed by atoms with E-state index in [0.29, 0.717) is 25.2 Å². The molecular weight excluding hydrogens is 326 g/mol. The summed E-state index contributed by atoms with van der Waals surface area (Å²) in [7, 11) is 0. The highest BCUT2D eigenvalue weighted by molar-refractivity contribution is 6.33. The van der Waals surface area contributed by atoms with Crippen molar-refractivity contribution in [3.8, 4) is 0 Å². The normalized spacial score (nSPS) is 17.3. The molecule has 0 saturated carbocycles. The average Bonchev–Trinajstić information content (AvgIpc) is 2.86. The van der Waals surface area contributed by atoms with Crippen molar-refractivity contribution in [2.24, 2.45) is 5.92 Å². The van der Waals surface area contributed by atoms with Gasteiger partial charge in [0.05, 0.1) is 21.6 Å². The number of non-ortho nitro benzene ring substituents is 1. The van der Waals surface area contributed by atoms with Gasteiger partial charge in [-0.1, -0.05) is 11.6 Å². The van der Waals surface area contributed by atoms with E-state index in [1.807, 2.05) is 0 Å². The first-order valence-corrected chi connectivity index (χ1v) is 7.44. The molecule has 124 valence electrons. The van der Waals surface area contributed by atoms with Gasteiger partial charge in [0.15, 0.2) is 0 Å². The number of benzene rings is 1. The smallest absolute Gasteiger partial charge is 0.308 e. The second-order valence-corrected chi connectivity index (χ2v) is 5.69. The molecule has 1 unspecified atom stereocenters. The van der Waals surface area contributed by atoms with Gasteiger partial charge in [-0.15, -0.1) is 0 Å². The molecular formula is C14H16ClN3O5. The van der Waals surface area contributed by atoms with Gasteiger partial charge in [-0.2, -0.15) is 0 Å². The molecule has 0 aliphatic carbocycles. The number of aliphatic carboxylic acids is 1. The van der Waals surface area contributed by atoms with Crippen LogP contribution >= 0.6 is 11.6 Å². The monoisotopic (exact) mass is 341 g/mol. The van der Waals surface area contributed by atoms with Crippen molar-refractivity contribution in [2.45, 2.75) is 12.8 Å². The van der Waals surface area contributed by atoms with Gasteiger partial charge >= 0.3 is 5.97 Å². The summed E-state index contributed by atoms with van der Waals surface area (Å²) in [5, 5.41) is 22.8. The van der Waals surface area contributed by atoms with Crippen LogP contribution in [0.5, 0.6) is 0 Å². The summed E-state index contributed by atoms with van der Waals surface area (Å²) in [5.74, 6) is -1.72. The zero-order valence-electron chi connectivity index (χ0n) is 12.2. The molecule has 8 nitrogen and oxygen atoms in total. The number of carbonyl (C=O) groups is 2. The molecule has 9 heteroatoms. The van der Waals surface area contributed by atoms with Gasteiger partial charge in [0, 0.05) is 38.2 Å². The minimum Gasteiger partial charge on any atom is -0.481 e. The van der Waals surface area contributed by atoms with Crippen LogP contribution in [0.4, 0.5) is 11.4 Å². The Morgan fingerprint density at radius 3 is 2.83 bits per heavy atom. The fourth-order valence-electron chi connectivity index (χ4n) is 2.41. The number of anilines is 1. The Kier molecular flexibility index (Phi) is 5.38. The second kappa shape index (κ2) is 7.28. The van der Waals surface area contributed by atoms with E-state index in [1.165, 1.54) is 23.1 Å². The quantitative estimate of drug-likeness (QED) is 0.445. The Bertz CT molecular complexity index is 637. The molecule has 0 aromatic heterocycles. The van der Waals surface area contributed by atoms with Crippen molar-refractivity contribution in [1.82, 2.24) is 4.90 Å². The van der Waals surface area contributed by atoms with Crippen LogP contribution in [0.25, 0.3) is 0 Å². The van der Waals surface area contributed by atoms with Crippen LogP contribution in [0.3, 0.4) is 0 Å². The third-order valence-electron chi connectivity index (χ3n) is 3.65. The maximum atomic E-state index is 11.7. The largest absolute Gasteiger partial charge is 0.481 e. The van der Waals surface area contributed by atoms with E-state index in [1.54, 1.807) is 0 Å². The number of carbonyl (C=O) groups excluding carboxylic acids is 1. The van der Waals surface area contributed by atoms with Crippen molar-refractivity contribution in [3.63, 3.8) is 0 Å². The van der Waals surface area contributed by atoms with Crippen molar-refractivity contribution in [2.75, 3.05) is 25.0 Å². The predicted octanol–water partition coefficient (Wildman–Crippen LogP) is 1.98. The van der Waals surface area contributed by atoms with Gasteiger partial charge in [-0.05, 0) is 12.5 Å². The van der Waals surface area contributed by atoms with Gasteiger partial charge in [0.2, 0.25) is 5.91 Å². The third-order valence-corrected chi connectivity index (χ3v) is 3.96. The van der Waals surface area contributed by atoms with Gasteiger partial charge in [0.1, 0.15) is 0 Å². The number of nitro groups is 1. The van der Waals surface area contributed by atoms with Crippen LogP contribution in [-0.4, -0.2) is 46.4 Å². The molecule has 2 N–H and O–H groups in total. The Labute approximate surface area is 137 Å². The van der Waals surface area contributed by atoms with E-state index in [9.17, 15) is 19.7 Å². The number of likely N-dealkylation sites (tertiary alicyclic amines) is 1. The van der Waals surface area contributed by atoms with Crippen LogP contribution < -0.4 is 5.32 Å². The van der Waals surface area contributed by atoms with E-state index in [-0.39, 0.29) is 29.6 Å². The van der Waals surface area contributed by atoms with Crippen molar-refractivity contribution in [1.29, 1.82) is 0 Å². The van der Waals surface area contributed by atoms with Crippen LogP contribution in [-0.2, 0) is 9.59 Å². The minimum atomic E-state index is -0.948. The lowest BCUT2D eigenvalue weighted by molar-refractivity contribution is -0.384. The molecule has 1 aromatic carbocycles. The van der Waals surface area contributed by atoms with Gasteiger partial charge < -0.3 is 15.3 Å². The molecule has 0 bridgehead atoms. The van der Waals surface area contributed by atoms with Crippen molar-refractivity contribution in [3.05, 3.63) is 33.3 Å². The SMILES string of the molecule is O=C(O)C1CC(=O)N(CCCNc2ccc([N+](=O)[O-])cc2Cl)C1. The Hall–Kier alpha value is -2.35. The molecule has 1 aromatic rings. The topological polar surface area (TPSA) is 113 Å². The van der Waals surface area contributed by atoms with E-state index < -0.39 is 16.8 Å². The number of nitro benzene ring substituents is 1. The van der Waals surface area contributed by atoms with Crippen LogP contribution in [0, 0.1) is 16.0 Å². The summed E-state index contributed by atoms with van der Waals surface area (Å²) in [5.41, 5.74) is 0.497. The molecule has 1 saturated heterocycles. The fourth-order valence-corrected chi connectivity index (χ4v) is 2.65. The highest BCUT2D eigenvalue weighted by Crippen LogP contribution is 2.26. The van der Waals surface area contributed by atoms with Gasteiger partial charge in [-0.3, -0.25) is 19.7 Å². The van der Waals surface area contributed by atoms with Crippen LogP contribution in [0.1, 0.15) is 12.8 Å². The molecule has 0 radical (unpaired) electrons. The number of rotatable bonds is 7. The Morgan fingerprint density at radius 1 is 1.52 bits per heavy atom. The molecule has 1 fully saturated rings. The summed E-state index contributed by atoms with van der Waals surface area (Å²) < 4.78 is 0. The molecule has 1 atom stereocenters. The molecule has 0 spiro atoms. The first-order valence-electron chi connectivity index (χ1n) is 7.07. The summed E-state index contributed by atoms with van der Waals surface area (Å²) in [4.78, 5) is 34.2. The number of halogens is 1. The molecule has 1 amide bonds. The number of hydrogen-bond donors (Lipinski definition) is 2. The summed E-state index contributed by atoms with van der Waals surface area (Å²) in [6.45, 7) is 1.21. The minimum absolute atomic E-state index is 0.0525. The predicted molar refractivity (Wildman–Crippen MR) is 83.5 cm³/mol. The van der Waals surface area contributed by atoms with E-state index in [0.717, 1.165) is 0 Å². The van der Waals surface area contributed by atoms with Gasteiger partial charge in [-0.25, -0.2) is 0 Å². The summed E-state index contributed by atoms with van der Waals surface area (Å²) in [6.07, 6.45) is 0.669. The molecule has 23 heavy (non-hydrogen) atoms. The number of nitrogens with one attached hydrogen (secondary N) is 1. The zero-order chi connectivity index (χ0) is 17.0. The maximum Gasteiger partial charge on any atom is 0.308 e. The molecule has 1 heterocycles. The molecule has 2 rings (SSSR count). The Balaban J connectivity index is 1.79. The lowest BCUT2D eigenvalue weighted by Gasteiger charge is -2.16. The number of amides is 1. The summed E-state index contributed by atoms with van der Waals surface area (Å²) >= 11 is 5.96. The Morgan fingerprint density at radius 2 is 2.26 bits per heavy atom. The summed E-state index contributed by atoms with van der Waals surface area (Å²) in [6, 6.07) is 4.16. The molecule has 1 aliphatic rings. The lowest BCUT2D eigenvalue weighted by Crippen LogP contribution is -2.28. The van der Waals surface area contributed by atoms with Crippen LogP contribution in [0.15, 0.2) is 18.2 Å². The van der Waals surface area contributed by atoms with Crippen LogP contribution in [0.2, 0.25) is 5.02 Å². The third kappa shape index (κ3) is 4.32. The highest BCUT2D eigenvalue weighted by Gasteiger charge is 2.33. The van der Waals surface area contributed by atoms with E-state index in [4.69, 9.17) is 16.7 Å². The van der Waals surface area contributed by atoms with E-state index >= 15 is 0 Å². The van der Waals surface area contributed by atoms with Crippen molar-refractivity contribution < 1.29 is 19.6 Å². The average molecular weight is 342 g/mol. The zero-order valence-corrected chi connectivity index (χ0v) is 13.0.